The molecule has 0 unspecified atom stereocenters. The average molecular weight is 470 g/mol. The van der Waals surface area contributed by atoms with Crippen LogP contribution in [-0.2, 0) is 17.9 Å². The molecule has 0 spiro atoms. The van der Waals surface area contributed by atoms with Crippen LogP contribution in [0.25, 0.3) is 21.1 Å². The second-order valence-corrected chi connectivity index (χ2v) is 8.38. The fourth-order valence-electron chi connectivity index (χ4n) is 3.55. The van der Waals surface area contributed by atoms with Crippen molar-refractivity contribution in [1.82, 2.24) is 24.4 Å². The average Bonchev–Trinajstić information content (AvgIpc) is 3.29. The van der Waals surface area contributed by atoms with Gasteiger partial charge in [0, 0.05) is 26.1 Å². The molecule has 4 aromatic rings. The van der Waals surface area contributed by atoms with Gasteiger partial charge in [0.05, 0.1) is 43.5 Å². The Bertz CT molecular complexity index is 1440. The standard InChI is InChI=1S/C22H23N5O5S/c1-26(11-18-24-14-6-8-33-20(14)21(29)25-18)19(28)5-4-7-27-12-23-15-10-17(32-3)16(31-2)9-13(15)22(27)30/h6,8-10,12H,4-5,7,11H2,1-3H3,(H,24,25,29). The van der Waals surface area contributed by atoms with Crippen molar-refractivity contribution in [2.75, 3.05) is 21.3 Å². The number of thiophene rings is 1. The van der Waals surface area contributed by atoms with E-state index in [1.54, 1.807) is 25.2 Å². The lowest BCUT2D eigenvalue weighted by Gasteiger charge is -2.16. The number of carbonyl (C=O) groups is 1. The van der Waals surface area contributed by atoms with E-state index in [1.807, 2.05) is 5.38 Å². The normalized spacial score (nSPS) is 11.1. The molecular formula is C22H23N5O5S. The van der Waals surface area contributed by atoms with E-state index >= 15 is 0 Å². The van der Waals surface area contributed by atoms with Crippen LogP contribution in [-0.4, -0.2) is 51.6 Å². The third kappa shape index (κ3) is 4.58. The molecule has 0 atom stereocenters. The van der Waals surface area contributed by atoms with Crippen molar-refractivity contribution in [2.24, 2.45) is 0 Å². The number of nitrogens with one attached hydrogen (secondary N) is 1. The monoisotopic (exact) mass is 469 g/mol. The molecule has 0 radical (unpaired) electrons. The Kier molecular flexibility index (Phi) is 6.40. The largest absolute Gasteiger partial charge is 0.493 e. The maximum absolute atomic E-state index is 12.9. The number of aromatic nitrogens is 4. The summed E-state index contributed by atoms with van der Waals surface area (Å²) in [7, 11) is 4.68. The number of hydrogen-bond donors (Lipinski definition) is 1. The third-order valence-corrected chi connectivity index (χ3v) is 6.20. The maximum Gasteiger partial charge on any atom is 0.268 e. The van der Waals surface area contributed by atoms with Crippen molar-refractivity contribution in [2.45, 2.75) is 25.9 Å². The van der Waals surface area contributed by atoms with Crippen LogP contribution < -0.4 is 20.6 Å². The van der Waals surface area contributed by atoms with Crippen LogP contribution in [0.3, 0.4) is 0 Å². The van der Waals surface area contributed by atoms with Gasteiger partial charge in [-0.2, -0.15) is 0 Å². The number of rotatable bonds is 8. The van der Waals surface area contributed by atoms with Crippen LogP contribution in [0.4, 0.5) is 0 Å². The highest BCUT2D eigenvalue weighted by atomic mass is 32.1. The number of hydrogen-bond acceptors (Lipinski definition) is 8. The molecule has 33 heavy (non-hydrogen) atoms. The highest BCUT2D eigenvalue weighted by Crippen LogP contribution is 2.29. The minimum absolute atomic E-state index is 0.115. The quantitative estimate of drug-likeness (QED) is 0.420. The Hall–Kier alpha value is -3.73. The topological polar surface area (TPSA) is 119 Å². The van der Waals surface area contributed by atoms with Gasteiger partial charge in [-0.15, -0.1) is 11.3 Å². The van der Waals surface area contributed by atoms with Crippen molar-refractivity contribution in [3.05, 3.63) is 56.4 Å². The van der Waals surface area contributed by atoms with E-state index < -0.39 is 0 Å². The molecule has 172 valence electrons. The second kappa shape index (κ2) is 9.41. The zero-order valence-corrected chi connectivity index (χ0v) is 19.3. The summed E-state index contributed by atoms with van der Waals surface area (Å²) < 4.78 is 12.6. The molecule has 0 aliphatic carbocycles. The first-order valence-electron chi connectivity index (χ1n) is 10.2. The Morgan fingerprint density at radius 2 is 1.94 bits per heavy atom. The highest BCUT2D eigenvalue weighted by Gasteiger charge is 2.14. The van der Waals surface area contributed by atoms with E-state index in [9.17, 15) is 14.4 Å². The first-order valence-corrected chi connectivity index (χ1v) is 11.1. The first-order chi connectivity index (χ1) is 15.9. The second-order valence-electron chi connectivity index (χ2n) is 7.47. The summed E-state index contributed by atoms with van der Waals surface area (Å²) in [6, 6.07) is 5.04. The van der Waals surface area contributed by atoms with Crippen LogP contribution >= 0.6 is 11.3 Å². The number of fused-ring (bicyclic) bond motifs is 2. The minimum atomic E-state index is -0.215. The van der Waals surface area contributed by atoms with Crippen molar-refractivity contribution >= 4 is 38.4 Å². The number of ether oxygens (including phenoxy) is 2. The summed E-state index contributed by atoms with van der Waals surface area (Å²) in [5.41, 5.74) is 0.710. The third-order valence-electron chi connectivity index (χ3n) is 5.30. The van der Waals surface area contributed by atoms with Crippen LogP contribution in [0.5, 0.6) is 11.5 Å². The molecule has 1 N–H and O–H groups in total. The number of aryl methyl sites for hydroxylation is 1. The molecule has 3 heterocycles. The molecule has 1 aromatic carbocycles. The van der Waals surface area contributed by atoms with Crippen molar-refractivity contribution in [3.63, 3.8) is 0 Å². The predicted molar refractivity (Wildman–Crippen MR) is 125 cm³/mol. The number of H-pyrrole nitrogens is 1. The summed E-state index contributed by atoms with van der Waals surface area (Å²) in [6.07, 6.45) is 2.16. The van der Waals surface area contributed by atoms with Gasteiger partial charge in [-0.1, -0.05) is 0 Å². The number of amides is 1. The summed E-state index contributed by atoms with van der Waals surface area (Å²) >= 11 is 1.33. The van der Waals surface area contributed by atoms with E-state index in [4.69, 9.17) is 9.47 Å². The molecule has 0 saturated carbocycles. The first kappa shape index (κ1) is 22.5. The summed E-state index contributed by atoms with van der Waals surface area (Å²) in [6.45, 7) is 0.532. The molecule has 0 fully saturated rings. The molecular weight excluding hydrogens is 446 g/mol. The zero-order valence-electron chi connectivity index (χ0n) is 18.5. The number of methoxy groups -OCH3 is 2. The maximum atomic E-state index is 12.9. The number of carbonyl (C=O) groups excluding carboxylic acids is 1. The van der Waals surface area contributed by atoms with Gasteiger partial charge in [0.15, 0.2) is 11.5 Å². The number of benzene rings is 1. The van der Waals surface area contributed by atoms with E-state index in [-0.39, 0.29) is 30.0 Å². The molecule has 0 bridgehead atoms. The molecule has 1 amide bonds. The summed E-state index contributed by atoms with van der Waals surface area (Å²) in [5.74, 6) is 1.26. The summed E-state index contributed by atoms with van der Waals surface area (Å²) in [4.78, 5) is 50.5. The van der Waals surface area contributed by atoms with E-state index in [1.165, 1.54) is 41.4 Å². The molecule has 10 nitrogen and oxygen atoms in total. The van der Waals surface area contributed by atoms with Gasteiger partial charge >= 0.3 is 0 Å². The molecule has 0 aliphatic rings. The van der Waals surface area contributed by atoms with E-state index in [0.29, 0.717) is 51.4 Å². The molecule has 3 aromatic heterocycles. The molecule has 4 rings (SSSR count). The SMILES string of the molecule is COc1cc2ncn(CCCC(=O)N(C)Cc3nc4ccsc4c(=O)[nH]3)c(=O)c2cc1OC. The van der Waals surface area contributed by atoms with E-state index in [0.717, 1.165) is 0 Å². The Morgan fingerprint density at radius 1 is 1.18 bits per heavy atom. The molecule has 0 aliphatic heterocycles. The van der Waals surface area contributed by atoms with Crippen LogP contribution in [0.2, 0.25) is 0 Å². The number of nitrogens with zero attached hydrogens (tertiary/aromatic N) is 4. The van der Waals surface area contributed by atoms with E-state index in [2.05, 4.69) is 15.0 Å². The van der Waals surface area contributed by atoms with Gasteiger partial charge in [0.2, 0.25) is 5.91 Å². The Morgan fingerprint density at radius 3 is 2.70 bits per heavy atom. The Labute approximate surface area is 192 Å². The van der Waals surface area contributed by atoms with Crippen LogP contribution in [0.15, 0.2) is 39.5 Å². The Balaban J connectivity index is 1.40. The lowest BCUT2D eigenvalue weighted by molar-refractivity contribution is -0.130. The van der Waals surface area contributed by atoms with Gasteiger partial charge in [-0.05, 0) is 23.9 Å². The van der Waals surface area contributed by atoms with Gasteiger partial charge < -0.3 is 19.4 Å². The fourth-order valence-corrected chi connectivity index (χ4v) is 4.27. The molecule has 0 saturated heterocycles. The molecule has 11 heteroatoms. The van der Waals surface area contributed by atoms with Crippen molar-refractivity contribution in [3.8, 4) is 11.5 Å². The van der Waals surface area contributed by atoms with Gasteiger partial charge in [0.25, 0.3) is 11.1 Å². The lowest BCUT2D eigenvalue weighted by atomic mass is 10.2. The van der Waals surface area contributed by atoms with Crippen LogP contribution in [0.1, 0.15) is 18.7 Å². The van der Waals surface area contributed by atoms with Gasteiger partial charge in [-0.25, -0.2) is 9.97 Å². The minimum Gasteiger partial charge on any atom is -0.493 e. The smallest absolute Gasteiger partial charge is 0.268 e. The van der Waals surface area contributed by atoms with Gasteiger partial charge in [-0.3, -0.25) is 19.0 Å². The van der Waals surface area contributed by atoms with Crippen molar-refractivity contribution < 1.29 is 14.3 Å². The number of aromatic amines is 1. The van der Waals surface area contributed by atoms with Crippen molar-refractivity contribution in [1.29, 1.82) is 0 Å². The predicted octanol–water partition coefficient (Wildman–Crippen LogP) is 2.15. The lowest BCUT2D eigenvalue weighted by Crippen LogP contribution is -2.28. The van der Waals surface area contributed by atoms with Crippen LogP contribution in [0, 0.1) is 0 Å². The highest BCUT2D eigenvalue weighted by molar-refractivity contribution is 7.17. The van der Waals surface area contributed by atoms with Gasteiger partial charge in [0.1, 0.15) is 10.5 Å². The summed E-state index contributed by atoms with van der Waals surface area (Å²) in [5, 5.41) is 2.22. The zero-order chi connectivity index (χ0) is 23.5. The fraction of sp³-hybridized carbons (Fsp3) is 0.318.